The average molecular weight is 369 g/mol. The van der Waals surface area contributed by atoms with Crippen molar-refractivity contribution in [2.75, 3.05) is 31.6 Å². The minimum absolute atomic E-state index is 0.225. The number of carbonyl (C=O) groups is 1. The standard InChI is InChI=1S/C19H20FN5O2/c1-12-2-7-15-17(21-12)23-24-18(15)22-19(26)16(25-8-10-27-11-9-25)13-3-5-14(20)6-4-13/h2-7,16H,8-11H2,1H3,(H2,21,22,23,24,26). The smallest absolute Gasteiger partial charge is 0.247 e. The molecule has 1 atom stereocenters. The number of pyridine rings is 1. The molecule has 0 aliphatic carbocycles. The van der Waals surface area contributed by atoms with Crippen molar-refractivity contribution in [3.8, 4) is 0 Å². The maximum absolute atomic E-state index is 13.4. The number of aromatic amines is 1. The average Bonchev–Trinajstić information content (AvgIpc) is 3.06. The van der Waals surface area contributed by atoms with Gasteiger partial charge in [-0.25, -0.2) is 9.37 Å². The van der Waals surface area contributed by atoms with Crippen LogP contribution in [0.1, 0.15) is 17.3 Å². The number of hydrogen-bond acceptors (Lipinski definition) is 5. The number of amides is 1. The van der Waals surface area contributed by atoms with E-state index < -0.39 is 6.04 Å². The highest BCUT2D eigenvalue weighted by molar-refractivity contribution is 6.01. The molecule has 2 aromatic heterocycles. The number of hydrogen-bond donors (Lipinski definition) is 2. The first-order chi connectivity index (χ1) is 13.1. The summed E-state index contributed by atoms with van der Waals surface area (Å²) in [5.74, 6) is -0.125. The minimum Gasteiger partial charge on any atom is -0.379 e. The zero-order chi connectivity index (χ0) is 18.8. The van der Waals surface area contributed by atoms with E-state index in [0.717, 1.165) is 16.6 Å². The molecule has 1 amide bonds. The van der Waals surface area contributed by atoms with E-state index in [1.807, 2.05) is 24.0 Å². The van der Waals surface area contributed by atoms with Crippen molar-refractivity contribution < 1.29 is 13.9 Å². The number of aryl methyl sites for hydroxylation is 1. The summed E-state index contributed by atoms with van der Waals surface area (Å²) in [5.41, 5.74) is 2.21. The van der Waals surface area contributed by atoms with Crippen LogP contribution in [0.15, 0.2) is 36.4 Å². The molecule has 7 nitrogen and oxygen atoms in total. The summed E-state index contributed by atoms with van der Waals surface area (Å²) in [6.07, 6.45) is 0. The molecule has 1 aromatic carbocycles. The highest BCUT2D eigenvalue weighted by atomic mass is 19.1. The molecule has 3 heterocycles. The number of H-pyrrole nitrogens is 1. The van der Waals surface area contributed by atoms with E-state index in [1.54, 1.807) is 12.1 Å². The zero-order valence-corrected chi connectivity index (χ0v) is 14.9. The molecule has 1 aliphatic heterocycles. The SMILES string of the molecule is Cc1ccc2c(NC(=O)C(c3ccc(F)cc3)N3CCOCC3)n[nH]c2n1. The topological polar surface area (TPSA) is 83.1 Å². The summed E-state index contributed by atoms with van der Waals surface area (Å²) >= 11 is 0. The Morgan fingerprint density at radius 3 is 2.70 bits per heavy atom. The first kappa shape index (κ1) is 17.6. The Kier molecular flexibility index (Phi) is 4.83. The predicted octanol–water partition coefficient (Wildman–Crippen LogP) is 2.42. The van der Waals surface area contributed by atoms with Gasteiger partial charge in [-0.1, -0.05) is 12.1 Å². The molecule has 0 bridgehead atoms. The lowest BCUT2D eigenvalue weighted by Crippen LogP contribution is -2.44. The van der Waals surface area contributed by atoms with Gasteiger partial charge in [-0.15, -0.1) is 0 Å². The molecule has 1 saturated heterocycles. The van der Waals surface area contributed by atoms with Crippen LogP contribution < -0.4 is 5.32 Å². The van der Waals surface area contributed by atoms with Gasteiger partial charge in [-0.2, -0.15) is 5.10 Å². The second-order valence-corrected chi connectivity index (χ2v) is 6.51. The van der Waals surface area contributed by atoms with Crippen molar-refractivity contribution in [3.05, 3.63) is 53.5 Å². The number of aromatic nitrogens is 3. The van der Waals surface area contributed by atoms with E-state index in [4.69, 9.17) is 4.74 Å². The summed E-state index contributed by atoms with van der Waals surface area (Å²) < 4.78 is 18.8. The molecule has 1 fully saturated rings. The van der Waals surface area contributed by atoms with Crippen molar-refractivity contribution in [2.24, 2.45) is 0 Å². The lowest BCUT2D eigenvalue weighted by molar-refractivity contribution is -0.123. The van der Waals surface area contributed by atoms with E-state index >= 15 is 0 Å². The Bertz CT molecular complexity index is 950. The van der Waals surface area contributed by atoms with E-state index in [2.05, 4.69) is 20.5 Å². The van der Waals surface area contributed by atoms with Crippen molar-refractivity contribution in [1.29, 1.82) is 0 Å². The minimum atomic E-state index is -0.556. The number of carbonyl (C=O) groups excluding carboxylic acids is 1. The van der Waals surface area contributed by atoms with Crippen LogP contribution in [0.25, 0.3) is 11.0 Å². The highest BCUT2D eigenvalue weighted by Gasteiger charge is 2.30. The predicted molar refractivity (Wildman–Crippen MR) is 98.8 cm³/mol. The van der Waals surface area contributed by atoms with E-state index in [0.29, 0.717) is 37.8 Å². The van der Waals surface area contributed by atoms with Gasteiger partial charge in [0.1, 0.15) is 11.9 Å². The van der Waals surface area contributed by atoms with Gasteiger partial charge in [0, 0.05) is 18.8 Å². The monoisotopic (exact) mass is 369 g/mol. The van der Waals surface area contributed by atoms with Crippen molar-refractivity contribution >= 4 is 22.8 Å². The second-order valence-electron chi connectivity index (χ2n) is 6.51. The third-order valence-corrected chi connectivity index (χ3v) is 4.65. The first-order valence-corrected chi connectivity index (χ1v) is 8.81. The Labute approximate surface area is 155 Å². The van der Waals surface area contributed by atoms with Crippen molar-refractivity contribution in [1.82, 2.24) is 20.1 Å². The van der Waals surface area contributed by atoms with Gasteiger partial charge < -0.3 is 10.1 Å². The number of rotatable bonds is 4. The highest BCUT2D eigenvalue weighted by Crippen LogP contribution is 2.26. The molecule has 1 aliphatic rings. The van der Waals surface area contributed by atoms with Gasteiger partial charge in [0.25, 0.3) is 0 Å². The van der Waals surface area contributed by atoms with Crippen LogP contribution in [0.3, 0.4) is 0 Å². The van der Waals surface area contributed by atoms with Crippen molar-refractivity contribution in [3.63, 3.8) is 0 Å². The molecule has 8 heteroatoms. The third kappa shape index (κ3) is 3.67. The number of ether oxygens (including phenoxy) is 1. The quantitative estimate of drug-likeness (QED) is 0.738. The summed E-state index contributed by atoms with van der Waals surface area (Å²) in [4.78, 5) is 19.5. The zero-order valence-electron chi connectivity index (χ0n) is 14.9. The number of morpholine rings is 1. The molecule has 3 aromatic rings. The van der Waals surface area contributed by atoms with Gasteiger partial charge in [-0.3, -0.25) is 14.8 Å². The van der Waals surface area contributed by atoms with Crippen LogP contribution in [0, 0.1) is 12.7 Å². The molecular formula is C19H20FN5O2. The molecule has 4 rings (SSSR count). The maximum atomic E-state index is 13.4. The molecule has 140 valence electrons. The van der Waals surface area contributed by atoms with Gasteiger partial charge in [0.15, 0.2) is 11.5 Å². The lowest BCUT2D eigenvalue weighted by Gasteiger charge is -2.33. The fourth-order valence-electron chi connectivity index (χ4n) is 3.29. The fourth-order valence-corrected chi connectivity index (χ4v) is 3.29. The Hall–Kier alpha value is -2.84. The lowest BCUT2D eigenvalue weighted by atomic mass is 10.0. The Balaban J connectivity index is 1.64. The van der Waals surface area contributed by atoms with Crippen LogP contribution in [-0.4, -0.2) is 52.3 Å². The molecule has 27 heavy (non-hydrogen) atoms. The van der Waals surface area contributed by atoms with E-state index in [1.165, 1.54) is 12.1 Å². The molecule has 0 radical (unpaired) electrons. The molecule has 1 unspecified atom stereocenters. The Morgan fingerprint density at radius 1 is 1.22 bits per heavy atom. The van der Waals surface area contributed by atoms with Crippen LogP contribution in [0.2, 0.25) is 0 Å². The van der Waals surface area contributed by atoms with Gasteiger partial charge in [-0.05, 0) is 36.8 Å². The third-order valence-electron chi connectivity index (χ3n) is 4.65. The normalized spacial score (nSPS) is 16.4. The summed E-state index contributed by atoms with van der Waals surface area (Å²) in [7, 11) is 0. The Morgan fingerprint density at radius 2 is 1.96 bits per heavy atom. The number of nitrogens with one attached hydrogen (secondary N) is 2. The van der Waals surface area contributed by atoms with Crippen LogP contribution in [-0.2, 0) is 9.53 Å². The first-order valence-electron chi connectivity index (χ1n) is 8.81. The van der Waals surface area contributed by atoms with Crippen LogP contribution in [0.4, 0.5) is 10.2 Å². The fraction of sp³-hybridized carbons (Fsp3) is 0.316. The largest absolute Gasteiger partial charge is 0.379 e. The number of fused-ring (bicyclic) bond motifs is 1. The molecule has 2 N–H and O–H groups in total. The maximum Gasteiger partial charge on any atom is 0.247 e. The van der Waals surface area contributed by atoms with Crippen molar-refractivity contribution in [2.45, 2.75) is 13.0 Å². The number of benzene rings is 1. The molecular weight excluding hydrogens is 349 g/mol. The number of nitrogens with zero attached hydrogens (tertiary/aromatic N) is 3. The molecule has 0 saturated carbocycles. The van der Waals surface area contributed by atoms with Gasteiger partial charge >= 0.3 is 0 Å². The summed E-state index contributed by atoms with van der Waals surface area (Å²) in [6, 6.07) is 9.20. The van der Waals surface area contributed by atoms with Crippen LogP contribution in [0.5, 0.6) is 0 Å². The van der Waals surface area contributed by atoms with E-state index in [-0.39, 0.29) is 11.7 Å². The van der Waals surface area contributed by atoms with E-state index in [9.17, 15) is 9.18 Å². The number of halogens is 1. The van der Waals surface area contributed by atoms with Gasteiger partial charge in [0.2, 0.25) is 5.91 Å². The number of anilines is 1. The van der Waals surface area contributed by atoms with Crippen LogP contribution >= 0.6 is 0 Å². The van der Waals surface area contributed by atoms with Gasteiger partial charge in [0.05, 0.1) is 18.6 Å². The second kappa shape index (κ2) is 7.42. The summed E-state index contributed by atoms with van der Waals surface area (Å²) in [5, 5.41) is 10.7. The summed E-state index contributed by atoms with van der Waals surface area (Å²) in [6.45, 7) is 4.25. The molecule has 0 spiro atoms.